The maximum absolute atomic E-state index is 11.0. The molecule has 0 aliphatic heterocycles. The molecule has 11 heavy (non-hydrogen) atoms. The van der Waals surface area contributed by atoms with Crippen LogP contribution in [0.5, 0.6) is 0 Å². The number of ketones is 1. The normalized spacial score (nSPS) is 9.64. The van der Waals surface area contributed by atoms with Crippen LogP contribution < -0.4 is 5.73 Å². The predicted octanol–water partition coefficient (Wildman–Crippen LogP) is 1.78. The van der Waals surface area contributed by atoms with Crippen molar-refractivity contribution in [2.24, 2.45) is 0 Å². The molecule has 1 aromatic rings. The van der Waals surface area contributed by atoms with Crippen molar-refractivity contribution < 1.29 is 4.79 Å². The molecule has 0 heterocycles. The summed E-state index contributed by atoms with van der Waals surface area (Å²) in [7, 11) is 0. The van der Waals surface area contributed by atoms with Crippen LogP contribution in [0, 0.1) is 6.92 Å². The largest absolute Gasteiger partial charge is 0.398 e. The number of rotatable bonds is 1. The van der Waals surface area contributed by atoms with Crippen molar-refractivity contribution >= 4 is 11.5 Å². The van der Waals surface area contributed by atoms with Crippen molar-refractivity contribution in [2.45, 2.75) is 13.8 Å². The van der Waals surface area contributed by atoms with E-state index in [0.717, 1.165) is 5.56 Å². The highest BCUT2D eigenvalue weighted by atomic mass is 16.1. The molecular weight excluding hydrogens is 138 g/mol. The van der Waals surface area contributed by atoms with Crippen molar-refractivity contribution in [1.29, 1.82) is 0 Å². The summed E-state index contributed by atoms with van der Waals surface area (Å²) in [6, 6.07) is 5.47. The molecule has 2 N–H and O–H groups in total. The highest BCUT2D eigenvalue weighted by Gasteiger charge is 2.05. The second-order valence-electron chi connectivity index (χ2n) is 2.60. The van der Waals surface area contributed by atoms with E-state index >= 15 is 0 Å². The van der Waals surface area contributed by atoms with E-state index in [1.807, 2.05) is 19.1 Å². The molecule has 0 bridgehead atoms. The maximum atomic E-state index is 11.0. The lowest BCUT2D eigenvalue weighted by Gasteiger charge is -2.03. The first-order valence-electron chi connectivity index (χ1n) is 3.49. The van der Waals surface area contributed by atoms with Crippen LogP contribution in [0.4, 0.5) is 5.69 Å². The van der Waals surface area contributed by atoms with E-state index < -0.39 is 0 Å². The van der Waals surface area contributed by atoms with Gasteiger partial charge >= 0.3 is 0 Å². The topological polar surface area (TPSA) is 43.1 Å². The number of carbonyl (C=O) groups is 1. The lowest BCUT2D eigenvalue weighted by Crippen LogP contribution is -2.01. The van der Waals surface area contributed by atoms with E-state index in [1.165, 1.54) is 6.92 Å². The highest BCUT2D eigenvalue weighted by molar-refractivity contribution is 6.00. The second kappa shape index (κ2) is 2.74. The first-order chi connectivity index (χ1) is 5.13. The molecule has 0 fully saturated rings. The third-order valence-electron chi connectivity index (χ3n) is 1.66. The van der Waals surface area contributed by atoms with Crippen molar-refractivity contribution in [2.75, 3.05) is 5.73 Å². The summed E-state index contributed by atoms with van der Waals surface area (Å²) in [4.78, 5) is 11.0. The zero-order valence-corrected chi connectivity index (χ0v) is 6.72. The molecular formula is C9H11NO. The van der Waals surface area contributed by atoms with Gasteiger partial charge in [-0.3, -0.25) is 4.79 Å². The van der Waals surface area contributed by atoms with Gasteiger partial charge in [0, 0.05) is 11.3 Å². The third kappa shape index (κ3) is 1.40. The van der Waals surface area contributed by atoms with Crippen LogP contribution in [0.1, 0.15) is 22.8 Å². The van der Waals surface area contributed by atoms with Gasteiger partial charge in [-0.2, -0.15) is 0 Å². The Morgan fingerprint density at radius 2 is 2.09 bits per heavy atom. The number of nitrogens with two attached hydrogens (primary N) is 1. The predicted molar refractivity (Wildman–Crippen MR) is 45.6 cm³/mol. The minimum absolute atomic E-state index is 0.0283. The van der Waals surface area contributed by atoms with Crippen LogP contribution in [0.15, 0.2) is 18.2 Å². The highest BCUT2D eigenvalue weighted by Crippen LogP contribution is 2.15. The van der Waals surface area contributed by atoms with Gasteiger partial charge in [0.1, 0.15) is 0 Å². The Balaban J connectivity index is 3.32. The van der Waals surface area contributed by atoms with E-state index in [-0.39, 0.29) is 5.78 Å². The summed E-state index contributed by atoms with van der Waals surface area (Å²) in [5, 5.41) is 0. The summed E-state index contributed by atoms with van der Waals surface area (Å²) in [5.74, 6) is 0.0283. The van der Waals surface area contributed by atoms with Gasteiger partial charge < -0.3 is 5.73 Å². The summed E-state index contributed by atoms with van der Waals surface area (Å²) >= 11 is 0. The van der Waals surface area contributed by atoms with Crippen LogP contribution >= 0.6 is 0 Å². The second-order valence-corrected chi connectivity index (χ2v) is 2.60. The third-order valence-corrected chi connectivity index (χ3v) is 1.66. The van der Waals surface area contributed by atoms with Gasteiger partial charge in [-0.05, 0) is 25.5 Å². The van der Waals surface area contributed by atoms with Gasteiger partial charge in [0.25, 0.3) is 0 Å². The molecule has 0 radical (unpaired) electrons. The fourth-order valence-electron chi connectivity index (χ4n) is 1.17. The van der Waals surface area contributed by atoms with Crippen LogP contribution in [-0.2, 0) is 0 Å². The van der Waals surface area contributed by atoms with Crippen LogP contribution in [0.3, 0.4) is 0 Å². The summed E-state index contributed by atoms with van der Waals surface area (Å²) in [6.45, 7) is 3.41. The monoisotopic (exact) mass is 149 g/mol. The van der Waals surface area contributed by atoms with Crippen molar-refractivity contribution in [1.82, 2.24) is 0 Å². The van der Waals surface area contributed by atoms with E-state index in [1.54, 1.807) is 6.07 Å². The van der Waals surface area contributed by atoms with E-state index in [2.05, 4.69) is 0 Å². The average Bonchev–Trinajstić information content (AvgIpc) is 1.85. The fourth-order valence-corrected chi connectivity index (χ4v) is 1.17. The molecule has 0 atom stereocenters. The summed E-state index contributed by atoms with van der Waals surface area (Å²) in [5.41, 5.74) is 7.76. The first kappa shape index (κ1) is 7.79. The van der Waals surface area contributed by atoms with Crippen LogP contribution in [0.25, 0.3) is 0 Å². The zero-order chi connectivity index (χ0) is 8.43. The molecule has 2 heteroatoms. The van der Waals surface area contributed by atoms with Gasteiger partial charge in [-0.1, -0.05) is 12.1 Å². The smallest absolute Gasteiger partial charge is 0.162 e. The Kier molecular flexibility index (Phi) is 1.94. The molecule has 0 spiro atoms. The Hall–Kier alpha value is -1.31. The fraction of sp³-hybridized carbons (Fsp3) is 0.222. The number of carbonyl (C=O) groups excluding carboxylic acids is 1. The number of anilines is 1. The average molecular weight is 149 g/mol. The van der Waals surface area contributed by atoms with Crippen molar-refractivity contribution in [3.63, 3.8) is 0 Å². The molecule has 0 saturated carbocycles. The van der Waals surface area contributed by atoms with E-state index in [9.17, 15) is 4.79 Å². The SMILES string of the molecule is CC(=O)c1c(C)cccc1N. The quantitative estimate of drug-likeness (QED) is 0.488. The minimum atomic E-state index is 0.0283. The number of Topliss-reactive ketones (excluding diaryl/α,β-unsaturated/α-hetero) is 1. The number of benzene rings is 1. The minimum Gasteiger partial charge on any atom is -0.398 e. The summed E-state index contributed by atoms with van der Waals surface area (Å²) in [6.07, 6.45) is 0. The molecule has 1 rings (SSSR count). The maximum Gasteiger partial charge on any atom is 0.162 e. The van der Waals surface area contributed by atoms with Gasteiger partial charge in [0.15, 0.2) is 5.78 Å². The lowest BCUT2D eigenvalue weighted by atomic mass is 10.0. The molecule has 0 aliphatic carbocycles. The molecule has 0 saturated heterocycles. The van der Waals surface area contributed by atoms with Crippen LogP contribution in [0.2, 0.25) is 0 Å². The molecule has 58 valence electrons. The lowest BCUT2D eigenvalue weighted by molar-refractivity contribution is 0.101. The number of hydrogen-bond donors (Lipinski definition) is 1. The van der Waals surface area contributed by atoms with E-state index in [0.29, 0.717) is 11.3 Å². The van der Waals surface area contributed by atoms with Gasteiger partial charge in [0.2, 0.25) is 0 Å². The molecule has 2 nitrogen and oxygen atoms in total. The molecule has 0 aromatic heterocycles. The standard InChI is InChI=1S/C9H11NO/c1-6-4-3-5-8(10)9(6)7(2)11/h3-5H,10H2,1-2H3. The number of aryl methyl sites for hydroxylation is 1. The van der Waals surface area contributed by atoms with Gasteiger partial charge in [0.05, 0.1) is 0 Å². The Morgan fingerprint density at radius 1 is 1.45 bits per heavy atom. The number of hydrogen-bond acceptors (Lipinski definition) is 2. The Labute approximate surface area is 66.0 Å². The van der Waals surface area contributed by atoms with Gasteiger partial charge in [-0.15, -0.1) is 0 Å². The number of nitrogen functional groups attached to an aromatic ring is 1. The first-order valence-corrected chi connectivity index (χ1v) is 3.49. The molecule has 0 aliphatic rings. The Morgan fingerprint density at radius 3 is 2.45 bits per heavy atom. The summed E-state index contributed by atoms with van der Waals surface area (Å²) < 4.78 is 0. The van der Waals surface area contributed by atoms with E-state index in [4.69, 9.17) is 5.73 Å². The van der Waals surface area contributed by atoms with Crippen molar-refractivity contribution in [3.8, 4) is 0 Å². The molecule has 1 aromatic carbocycles. The van der Waals surface area contributed by atoms with Crippen LogP contribution in [-0.4, -0.2) is 5.78 Å². The van der Waals surface area contributed by atoms with Crippen molar-refractivity contribution in [3.05, 3.63) is 29.3 Å². The molecule has 0 amide bonds. The Bertz CT molecular complexity index is 271. The van der Waals surface area contributed by atoms with Gasteiger partial charge in [-0.25, -0.2) is 0 Å². The zero-order valence-electron chi connectivity index (χ0n) is 6.72. The molecule has 0 unspecified atom stereocenters.